The van der Waals surface area contributed by atoms with Crippen LogP contribution in [-0.2, 0) is 26.3 Å². The Kier molecular flexibility index (Phi) is 7.32. The molecular weight excluding hydrogens is 408 g/mol. The lowest BCUT2D eigenvalue weighted by Gasteiger charge is -2.33. The molecule has 1 fully saturated rings. The van der Waals surface area contributed by atoms with Crippen LogP contribution < -0.4 is 5.56 Å². The Balaban J connectivity index is 2.21. The number of likely N-dealkylation sites (N-methyl/N-ethyl adjacent to an activating group) is 1. The van der Waals surface area contributed by atoms with Crippen molar-refractivity contribution in [2.75, 3.05) is 27.3 Å². The van der Waals surface area contributed by atoms with E-state index in [0.717, 1.165) is 32.1 Å². The Labute approximate surface area is 190 Å². The summed E-state index contributed by atoms with van der Waals surface area (Å²) in [5.41, 5.74) is 0.930. The fourth-order valence-electron chi connectivity index (χ4n) is 4.80. The first-order valence-corrected chi connectivity index (χ1v) is 11.8. The van der Waals surface area contributed by atoms with Crippen molar-refractivity contribution in [3.05, 3.63) is 27.3 Å². The van der Waals surface area contributed by atoms with Gasteiger partial charge in [-0.2, -0.15) is 0 Å². The zero-order valence-corrected chi connectivity index (χ0v) is 20.4. The topological polar surface area (TPSA) is 87.6 Å². The fraction of sp³-hybridized carbons (Fsp3) is 0.708. The lowest BCUT2D eigenvalue weighted by molar-refractivity contribution is -0.138. The van der Waals surface area contributed by atoms with E-state index in [-0.39, 0.29) is 36.2 Å². The Morgan fingerprint density at radius 2 is 1.75 bits per heavy atom. The second-order valence-corrected chi connectivity index (χ2v) is 9.91. The highest BCUT2D eigenvalue weighted by atomic mass is 16.5. The second kappa shape index (κ2) is 9.65. The molecule has 0 spiro atoms. The molecule has 178 valence electrons. The summed E-state index contributed by atoms with van der Waals surface area (Å²) >= 11 is 0. The average Bonchev–Trinajstić information content (AvgIpc) is 3.20. The minimum absolute atomic E-state index is 0.167. The van der Waals surface area contributed by atoms with Crippen molar-refractivity contribution in [2.45, 2.75) is 84.2 Å². The summed E-state index contributed by atoms with van der Waals surface area (Å²) in [4.78, 5) is 43.9. The largest absolute Gasteiger partial charge is 0.383 e. The van der Waals surface area contributed by atoms with Crippen LogP contribution in [0.1, 0.15) is 77.5 Å². The van der Waals surface area contributed by atoms with Gasteiger partial charge in [0.05, 0.1) is 29.8 Å². The van der Waals surface area contributed by atoms with E-state index < -0.39 is 11.4 Å². The third kappa shape index (κ3) is 4.42. The minimum atomic E-state index is -0.477. The highest BCUT2D eigenvalue weighted by molar-refractivity contribution is 6.35. The monoisotopic (exact) mass is 446 g/mol. The van der Waals surface area contributed by atoms with Crippen LogP contribution in [0.3, 0.4) is 0 Å². The van der Waals surface area contributed by atoms with Gasteiger partial charge >= 0.3 is 0 Å². The van der Waals surface area contributed by atoms with Crippen LogP contribution in [0.2, 0.25) is 0 Å². The van der Waals surface area contributed by atoms with Gasteiger partial charge in [-0.25, -0.2) is 4.68 Å². The molecule has 8 heteroatoms. The van der Waals surface area contributed by atoms with E-state index in [0.29, 0.717) is 23.4 Å². The Hall–Kier alpha value is -2.35. The van der Waals surface area contributed by atoms with Crippen LogP contribution in [0.25, 0.3) is 5.57 Å². The molecule has 1 aliphatic heterocycles. The Morgan fingerprint density at radius 1 is 1.09 bits per heavy atom. The fourth-order valence-corrected chi connectivity index (χ4v) is 4.80. The molecule has 3 rings (SSSR count). The van der Waals surface area contributed by atoms with E-state index >= 15 is 0 Å². The van der Waals surface area contributed by atoms with E-state index in [4.69, 9.17) is 4.74 Å². The molecule has 1 aromatic rings. The first-order valence-electron chi connectivity index (χ1n) is 11.8. The van der Waals surface area contributed by atoms with E-state index in [2.05, 4.69) is 5.10 Å². The number of hydrogen-bond donors (Lipinski definition) is 1. The van der Waals surface area contributed by atoms with Crippen molar-refractivity contribution in [1.82, 2.24) is 19.6 Å². The minimum Gasteiger partial charge on any atom is -0.383 e. The van der Waals surface area contributed by atoms with Gasteiger partial charge in [-0.05, 0) is 40.0 Å². The molecular formula is C24H38N4O4. The van der Waals surface area contributed by atoms with E-state index in [1.54, 1.807) is 11.8 Å². The molecule has 0 aromatic carbocycles. The molecule has 8 nitrogen and oxygen atoms in total. The zero-order valence-electron chi connectivity index (χ0n) is 20.4. The van der Waals surface area contributed by atoms with Crippen molar-refractivity contribution >= 4 is 17.4 Å². The third-order valence-electron chi connectivity index (χ3n) is 6.52. The number of H-pyrrole nitrogens is 1. The smallest absolute Gasteiger partial charge is 0.277 e. The quantitative estimate of drug-likeness (QED) is 0.621. The molecule has 1 aliphatic carbocycles. The SMILES string of the molecule is CCCc1[nH]n(C(C)(C)C)c(=O)c1C1=C(N(C)C2CCCCC2)C(=O)N(CCOC)C1=O. The molecule has 0 saturated heterocycles. The predicted octanol–water partition coefficient (Wildman–Crippen LogP) is 2.87. The van der Waals surface area contributed by atoms with Gasteiger partial charge < -0.3 is 9.64 Å². The molecule has 2 aliphatic rings. The molecule has 0 atom stereocenters. The first-order chi connectivity index (χ1) is 15.1. The number of aromatic nitrogens is 2. The van der Waals surface area contributed by atoms with Crippen LogP contribution >= 0.6 is 0 Å². The summed E-state index contributed by atoms with van der Waals surface area (Å²) in [5.74, 6) is -0.736. The van der Waals surface area contributed by atoms with Crippen LogP contribution in [0.4, 0.5) is 0 Å². The lowest BCUT2D eigenvalue weighted by Crippen LogP contribution is -2.39. The highest BCUT2D eigenvalue weighted by Gasteiger charge is 2.44. The molecule has 0 bridgehead atoms. The molecule has 1 N–H and O–H groups in total. The van der Waals surface area contributed by atoms with Crippen molar-refractivity contribution < 1.29 is 14.3 Å². The standard InChI is InChI=1S/C24H38N4O4/c1-7-11-17-18(22(30)28(25-17)24(2,3)4)19-20(26(5)16-12-9-8-10-13-16)23(31)27(21(19)29)14-15-32-6/h16,25H,7-15H2,1-6H3. The zero-order chi connectivity index (χ0) is 23.6. The number of carbonyl (C=O) groups is 2. The molecule has 1 saturated carbocycles. The molecule has 32 heavy (non-hydrogen) atoms. The van der Waals surface area contributed by atoms with Crippen molar-refractivity contribution in [3.63, 3.8) is 0 Å². The summed E-state index contributed by atoms with van der Waals surface area (Å²) in [5, 5.41) is 3.25. The molecule has 2 amide bonds. The van der Waals surface area contributed by atoms with E-state index in [9.17, 15) is 14.4 Å². The van der Waals surface area contributed by atoms with Gasteiger partial charge in [-0.3, -0.25) is 24.4 Å². The lowest BCUT2D eigenvalue weighted by atomic mass is 9.93. The maximum atomic E-state index is 13.6. The number of rotatable bonds is 8. The summed E-state index contributed by atoms with van der Waals surface area (Å²) in [6.45, 7) is 8.29. The number of nitrogens with one attached hydrogen (secondary N) is 1. The molecule has 0 radical (unpaired) electrons. The molecule has 1 aromatic heterocycles. The van der Waals surface area contributed by atoms with Crippen molar-refractivity contribution in [3.8, 4) is 0 Å². The second-order valence-electron chi connectivity index (χ2n) is 9.91. The van der Waals surface area contributed by atoms with Gasteiger partial charge in [0, 0.05) is 25.9 Å². The Bertz CT molecular complexity index is 944. The number of ether oxygens (including phenoxy) is 1. The first kappa shape index (κ1) is 24.3. The number of nitrogens with zero attached hydrogens (tertiary/aromatic N) is 3. The average molecular weight is 447 g/mol. The summed E-state index contributed by atoms with van der Waals surface area (Å²) in [7, 11) is 3.44. The summed E-state index contributed by atoms with van der Waals surface area (Å²) in [6, 6.07) is 0.186. The number of aromatic amines is 1. The summed E-state index contributed by atoms with van der Waals surface area (Å²) in [6.07, 6.45) is 6.80. The number of imide groups is 1. The van der Waals surface area contributed by atoms with Crippen LogP contribution in [0.15, 0.2) is 10.5 Å². The molecule has 0 unspecified atom stereocenters. The predicted molar refractivity (Wildman–Crippen MR) is 124 cm³/mol. The number of methoxy groups -OCH3 is 1. The number of aryl methyl sites for hydroxylation is 1. The normalized spacial score (nSPS) is 18.2. The van der Waals surface area contributed by atoms with Crippen molar-refractivity contribution in [1.29, 1.82) is 0 Å². The van der Waals surface area contributed by atoms with Crippen molar-refractivity contribution in [2.24, 2.45) is 0 Å². The van der Waals surface area contributed by atoms with Gasteiger partial charge in [0.1, 0.15) is 5.70 Å². The van der Waals surface area contributed by atoms with E-state index in [1.807, 2.05) is 39.6 Å². The highest BCUT2D eigenvalue weighted by Crippen LogP contribution is 2.35. The molecule has 2 heterocycles. The van der Waals surface area contributed by atoms with Crippen LogP contribution in [0, 0.1) is 0 Å². The van der Waals surface area contributed by atoms with Crippen LogP contribution in [-0.4, -0.2) is 64.7 Å². The Morgan fingerprint density at radius 3 is 2.31 bits per heavy atom. The summed E-state index contributed by atoms with van der Waals surface area (Å²) < 4.78 is 6.72. The van der Waals surface area contributed by atoms with Gasteiger partial charge in [0.15, 0.2) is 0 Å². The maximum absolute atomic E-state index is 13.6. The van der Waals surface area contributed by atoms with E-state index in [1.165, 1.54) is 11.3 Å². The van der Waals surface area contributed by atoms with Gasteiger partial charge in [0.2, 0.25) is 0 Å². The van der Waals surface area contributed by atoms with Crippen LogP contribution in [0.5, 0.6) is 0 Å². The number of hydrogen-bond acceptors (Lipinski definition) is 5. The number of carbonyl (C=O) groups excluding carboxylic acids is 2. The third-order valence-corrected chi connectivity index (χ3v) is 6.52. The van der Waals surface area contributed by atoms with Gasteiger partial charge in [0.25, 0.3) is 17.4 Å². The van der Waals surface area contributed by atoms with Gasteiger partial charge in [-0.15, -0.1) is 0 Å². The van der Waals surface area contributed by atoms with Gasteiger partial charge in [-0.1, -0.05) is 32.6 Å². The number of amides is 2. The maximum Gasteiger partial charge on any atom is 0.277 e.